The Balaban J connectivity index is 2.15. The molecule has 0 unspecified atom stereocenters. The Hall–Kier alpha value is -1.75. The molecule has 0 aliphatic carbocycles. The fourth-order valence-corrected chi connectivity index (χ4v) is 2.08. The number of nitrogens with zero attached hydrogens (tertiary/aromatic N) is 2. The summed E-state index contributed by atoms with van der Waals surface area (Å²) >= 11 is 1.46. The van der Waals surface area contributed by atoms with Crippen LogP contribution in [0.1, 0.15) is 20.8 Å². The number of aromatic nitrogens is 2. The predicted octanol–water partition coefficient (Wildman–Crippen LogP) is 3.19. The minimum atomic E-state index is -0.414. The van der Waals surface area contributed by atoms with E-state index in [0.29, 0.717) is 5.13 Å². The molecule has 0 aliphatic heterocycles. The summed E-state index contributed by atoms with van der Waals surface area (Å²) in [6, 6.07) is 3.84. The Morgan fingerprint density at radius 1 is 1.28 bits per heavy atom. The number of pyridine rings is 1. The third-order valence-electron chi connectivity index (χ3n) is 2.37. The molecule has 0 fully saturated rings. The fraction of sp³-hybridized carbons (Fsp3) is 0.308. The number of anilines is 1. The van der Waals surface area contributed by atoms with Gasteiger partial charge in [0.1, 0.15) is 0 Å². The summed E-state index contributed by atoms with van der Waals surface area (Å²) in [6.07, 6.45) is 5.24. The lowest BCUT2D eigenvalue weighted by molar-refractivity contribution is -0.123. The lowest BCUT2D eigenvalue weighted by Crippen LogP contribution is -2.27. The molecule has 0 radical (unpaired) electrons. The van der Waals surface area contributed by atoms with Gasteiger partial charge in [-0.25, -0.2) is 4.98 Å². The van der Waals surface area contributed by atoms with E-state index in [1.807, 2.05) is 32.9 Å². The molecular weight excluding hydrogens is 246 g/mol. The van der Waals surface area contributed by atoms with Gasteiger partial charge in [-0.3, -0.25) is 9.78 Å². The van der Waals surface area contributed by atoms with Gasteiger partial charge in [0.15, 0.2) is 5.13 Å². The Kier molecular flexibility index (Phi) is 3.43. The van der Waals surface area contributed by atoms with E-state index in [1.54, 1.807) is 18.6 Å². The molecule has 0 aliphatic rings. The Morgan fingerprint density at radius 3 is 2.56 bits per heavy atom. The molecule has 5 heteroatoms. The smallest absolute Gasteiger partial charge is 0.231 e. The van der Waals surface area contributed by atoms with Crippen molar-refractivity contribution in [3.8, 4) is 10.4 Å². The molecule has 0 aromatic carbocycles. The standard InChI is InChI=1S/C13H15N3OS/c1-13(2,3)11(17)16-12-15-8-10(18-12)9-4-6-14-7-5-9/h4-8H,1-3H3,(H,15,16,17). The first kappa shape index (κ1) is 12.7. The van der Waals surface area contributed by atoms with Crippen molar-refractivity contribution < 1.29 is 4.79 Å². The minimum Gasteiger partial charge on any atom is -0.302 e. The Morgan fingerprint density at radius 2 is 1.94 bits per heavy atom. The third kappa shape index (κ3) is 2.92. The van der Waals surface area contributed by atoms with E-state index in [0.717, 1.165) is 10.4 Å². The molecule has 1 amide bonds. The molecule has 0 saturated carbocycles. The summed E-state index contributed by atoms with van der Waals surface area (Å²) < 4.78 is 0. The highest BCUT2D eigenvalue weighted by Gasteiger charge is 2.22. The highest BCUT2D eigenvalue weighted by Crippen LogP contribution is 2.29. The minimum absolute atomic E-state index is 0.0295. The van der Waals surface area contributed by atoms with Crippen LogP contribution in [-0.4, -0.2) is 15.9 Å². The van der Waals surface area contributed by atoms with E-state index in [9.17, 15) is 4.79 Å². The summed E-state index contributed by atoms with van der Waals surface area (Å²) in [5.41, 5.74) is 0.640. The summed E-state index contributed by atoms with van der Waals surface area (Å²) in [4.78, 5) is 21.0. The van der Waals surface area contributed by atoms with Crippen molar-refractivity contribution in [1.29, 1.82) is 0 Å². The summed E-state index contributed by atoms with van der Waals surface area (Å²) in [5.74, 6) is -0.0295. The summed E-state index contributed by atoms with van der Waals surface area (Å²) in [6.45, 7) is 5.62. The number of hydrogen-bond acceptors (Lipinski definition) is 4. The monoisotopic (exact) mass is 261 g/mol. The zero-order valence-electron chi connectivity index (χ0n) is 10.6. The first-order valence-electron chi connectivity index (χ1n) is 5.64. The summed E-state index contributed by atoms with van der Waals surface area (Å²) in [5, 5.41) is 3.45. The van der Waals surface area contributed by atoms with Gasteiger partial charge < -0.3 is 5.32 Å². The number of hydrogen-bond donors (Lipinski definition) is 1. The lowest BCUT2D eigenvalue weighted by atomic mass is 9.96. The van der Waals surface area contributed by atoms with E-state index in [1.165, 1.54) is 11.3 Å². The molecule has 94 valence electrons. The van der Waals surface area contributed by atoms with Crippen LogP contribution in [0.25, 0.3) is 10.4 Å². The maximum absolute atomic E-state index is 11.8. The van der Waals surface area contributed by atoms with Gasteiger partial charge in [-0.15, -0.1) is 0 Å². The predicted molar refractivity (Wildman–Crippen MR) is 73.4 cm³/mol. The lowest BCUT2D eigenvalue weighted by Gasteiger charge is -2.15. The van der Waals surface area contributed by atoms with Crippen LogP contribution < -0.4 is 5.32 Å². The van der Waals surface area contributed by atoms with Crippen molar-refractivity contribution in [3.05, 3.63) is 30.7 Å². The number of carbonyl (C=O) groups excluding carboxylic acids is 1. The number of rotatable bonds is 2. The van der Waals surface area contributed by atoms with Gasteiger partial charge in [-0.1, -0.05) is 32.1 Å². The van der Waals surface area contributed by atoms with Crippen molar-refractivity contribution in [3.63, 3.8) is 0 Å². The zero-order valence-corrected chi connectivity index (χ0v) is 11.4. The number of thiazole rings is 1. The number of nitrogens with one attached hydrogen (secondary N) is 1. The first-order valence-corrected chi connectivity index (χ1v) is 6.46. The van der Waals surface area contributed by atoms with Crippen molar-refractivity contribution >= 4 is 22.4 Å². The van der Waals surface area contributed by atoms with Gasteiger partial charge in [-0.05, 0) is 17.7 Å². The third-order valence-corrected chi connectivity index (χ3v) is 3.33. The average Bonchev–Trinajstić information content (AvgIpc) is 2.77. The van der Waals surface area contributed by atoms with Crippen molar-refractivity contribution in [2.24, 2.45) is 5.41 Å². The first-order chi connectivity index (χ1) is 8.47. The van der Waals surface area contributed by atoms with E-state index in [2.05, 4.69) is 15.3 Å². The van der Waals surface area contributed by atoms with Crippen molar-refractivity contribution in [2.45, 2.75) is 20.8 Å². The second-order valence-electron chi connectivity index (χ2n) is 4.97. The zero-order chi connectivity index (χ0) is 13.2. The van der Waals surface area contributed by atoms with E-state index in [-0.39, 0.29) is 5.91 Å². The molecule has 2 rings (SSSR count). The molecule has 0 saturated heterocycles. The molecule has 2 aromatic rings. The van der Waals surface area contributed by atoms with Gasteiger partial charge in [-0.2, -0.15) is 0 Å². The highest BCUT2D eigenvalue weighted by atomic mass is 32.1. The van der Waals surface area contributed by atoms with Crippen LogP contribution in [0.2, 0.25) is 0 Å². The SMILES string of the molecule is CC(C)(C)C(=O)Nc1ncc(-c2ccncc2)s1. The molecule has 0 spiro atoms. The average molecular weight is 261 g/mol. The molecule has 0 bridgehead atoms. The molecule has 1 N–H and O–H groups in total. The number of carbonyl (C=O) groups is 1. The maximum Gasteiger partial charge on any atom is 0.231 e. The quantitative estimate of drug-likeness (QED) is 0.903. The topological polar surface area (TPSA) is 54.9 Å². The normalized spacial score (nSPS) is 11.3. The Labute approximate surface area is 110 Å². The van der Waals surface area contributed by atoms with E-state index >= 15 is 0 Å². The van der Waals surface area contributed by atoms with Gasteiger partial charge in [0.25, 0.3) is 0 Å². The second kappa shape index (κ2) is 4.86. The summed E-state index contributed by atoms with van der Waals surface area (Å²) in [7, 11) is 0. The van der Waals surface area contributed by atoms with Crippen molar-refractivity contribution in [1.82, 2.24) is 9.97 Å². The van der Waals surface area contributed by atoms with Crippen LogP contribution in [0.4, 0.5) is 5.13 Å². The van der Waals surface area contributed by atoms with Crippen LogP contribution in [0.5, 0.6) is 0 Å². The van der Waals surface area contributed by atoms with Crippen LogP contribution >= 0.6 is 11.3 Å². The molecule has 2 aromatic heterocycles. The van der Waals surface area contributed by atoms with Gasteiger partial charge in [0.2, 0.25) is 5.91 Å². The highest BCUT2D eigenvalue weighted by molar-refractivity contribution is 7.19. The molecule has 18 heavy (non-hydrogen) atoms. The largest absolute Gasteiger partial charge is 0.302 e. The van der Waals surface area contributed by atoms with E-state index < -0.39 is 5.41 Å². The van der Waals surface area contributed by atoms with Gasteiger partial charge in [0.05, 0.1) is 4.88 Å². The van der Waals surface area contributed by atoms with Crippen LogP contribution in [-0.2, 0) is 4.79 Å². The van der Waals surface area contributed by atoms with Crippen LogP contribution in [0.3, 0.4) is 0 Å². The molecule has 2 heterocycles. The maximum atomic E-state index is 11.8. The fourth-order valence-electron chi connectivity index (χ4n) is 1.27. The second-order valence-corrected chi connectivity index (χ2v) is 6.00. The van der Waals surface area contributed by atoms with Crippen LogP contribution in [0.15, 0.2) is 30.7 Å². The molecule has 0 atom stereocenters. The van der Waals surface area contributed by atoms with Crippen LogP contribution in [0, 0.1) is 5.41 Å². The van der Waals surface area contributed by atoms with E-state index in [4.69, 9.17) is 0 Å². The van der Waals surface area contributed by atoms with Crippen molar-refractivity contribution in [2.75, 3.05) is 5.32 Å². The Bertz CT molecular complexity index is 543. The number of amides is 1. The van der Waals surface area contributed by atoms with Gasteiger partial charge >= 0.3 is 0 Å². The molecule has 4 nitrogen and oxygen atoms in total. The van der Waals surface area contributed by atoms with Gasteiger partial charge in [0, 0.05) is 24.0 Å². The molecular formula is C13H15N3OS.